The molecule has 1 heterocycles. The molecule has 0 aliphatic carbocycles. The first kappa shape index (κ1) is 16.3. The van der Waals surface area contributed by atoms with Gasteiger partial charge in [0, 0.05) is 22.8 Å². The van der Waals surface area contributed by atoms with Crippen molar-refractivity contribution in [2.45, 2.75) is 19.9 Å². The monoisotopic (exact) mass is 338 g/mol. The minimum absolute atomic E-state index is 0.154. The van der Waals surface area contributed by atoms with Gasteiger partial charge in [-0.2, -0.15) is 0 Å². The molecular weight excluding hydrogens is 320 g/mol. The van der Waals surface area contributed by atoms with Gasteiger partial charge in [0.05, 0.1) is 0 Å². The molecule has 1 aromatic heterocycles. The van der Waals surface area contributed by atoms with Crippen molar-refractivity contribution in [3.05, 3.63) is 77.1 Å². The molecule has 0 saturated carbocycles. The first-order valence-electron chi connectivity index (χ1n) is 7.79. The molecule has 0 amide bonds. The van der Waals surface area contributed by atoms with Crippen LogP contribution in [-0.4, -0.2) is 9.97 Å². The van der Waals surface area contributed by atoms with Crippen molar-refractivity contribution in [3.63, 3.8) is 0 Å². The van der Waals surface area contributed by atoms with E-state index in [0.29, 0.717) is 0 Å². The van der Waals surface area contributed by atoms with Gasteiger partial charge >= 0.3 is 0 Å². The largest absolute Gasteiger partial charge is 0.363 e. The second-order valence-electron chi connectivity index (χ2n) is 5.60. The molecule has 0 radical (unpaired) electrons. The van der Waals surface area contributed by atoms with E-state index in [2.05, 4.69) is 39.7 Å². The third-order valence-electron chi connectivity index (χ3n) is 3.86. The maximum atomic E-state index is 6.16. The van der Waals surface area contributed by atoms with Crippen LogP contribution in [0.1, 0.15) is 24.1 Å². The van der Waals surface area contributed by atoms with Crippen LogP contribution in [0.3, 0.4) is 0 Å². The molecule has 2 N–H and O–H groups in total. The summed E-state index contributed by atoms with van der Waals surface area (Å²) in [6.07, 6.45) is 1.54. The van der Waals surface area contributed by atoms with E-state index in [4.69, 9.17) is 11.6 Å². The molecule has 5 heteroatoms. The summed E-state index contributed by atoms with van der Waals surface area (Å²) in [5.41, 5.74) is 3.13. The number of nitrogens with one attached hydrogen (secondary N) is 2. The van der Waals surface area contributed by atoms with Crippen molar-refractivity contribution in [2.75, 3.05) is 10.6 Å². The zero-order chi connectivity index (χ0) is 16.9. The Morgan fingerprint density at radius 2 is 1.71 bits per heavy atom. The number of halogens is 1. The Hall–Kier alpha value is -2.59. The van der Waals surface area contributed by atoms with Crippen LogP contribution < -0.4 is 10.6 Å². The number of rotatable bonds is 5. The third-order valence-corrected chi connectivity index (χ3v) is 4.27. The highest BCUT2D eigenvalue weighted by Crippen LogP contribution is 2.26. The Bertz CT molecular complexity index is 821. The zero-order valence-electron chi connectivity index (χ0n) is 13.6. The minimum Gasteiger partial charge on any atom is -0.363 e. The molecule has 1 atom stereocenters. The van der Waals surface area contributed by atoms with Crippen LogP contribution >= 0.6 is 11.6 Å². The summed E-state index contributed by atoms with van der Waals surface area (Å²) in [5.74, 6) is 1.49. The minimum atomic E-state index is 0.154. The van der Waals surface area contributed by atoms with Gasteiger partial charge in [0.1, 0.15) is 18.0 Å². The van der Waals surface area contributed by atoms with Gasteiger partial charge in [-0.1, -0.05) is 48.0 Å². The Morgan fingerprint density at radius 1 is 0.958 bits per heavy atom. The van der Waals surface area contributed by atoms with Crippen LogP contribution in [0.15, 0.2) is 60.9 Å². The molecular formula is C19H19ClN4. The molecule has 24 heavy (non-hydrogen) atoms. The molecule has 1 unspecified atom stereocenters. The fraction of sp³-hybridized carbons (Fsp3) is 0.158. The summed E-state index contributed by atoms with van der Waals surface area (Å²) >= 11 is 6.16. The van der Waals surface area contributed by atoms with Gasteiger partial charge < -0.3 is 10.6 Å². The quantitative estimate of drug-likeness (QED) is 0.658. The number of aromatic nitrogens is 2. The highest BCUT2D eigenvalue weighted by molar-refractivity contribution is 6.31. The van der Waals surface area contributed by atoms with Crippen LogP contribution in [-0.2, 0) is 0 Å². The van der Waals surface area contributed by atoms with Crippen molar-refractivity contribution in [2.24, 2.45) is 0 Å². The predicted octanol–water partition coefficient (Wildman–Crippen LogP) is 5.36. The zero-order valence-corrected chi connectivity index (χ0v) is 14.4. The molecule has 0 bridgehead atoms. The van der Waals surface area contributed by atoms with Gasteiger partial charge in [-0.3, -0.25) is 0 Å². The van der Waals surface area contributed by atoms with E-state index in [9.17, 15) is 0 Å². The predicted molar refractivity (Wildman–Crippen MR) is 100.0 cm³/mol. The van der Waals surface area contributed by atoms with Crippen molar-refractivity contribution >= 4 is 28.9 Å². The maximum Gasteiger partial charge on any atom is 0.135 e. The molecule has 0 aliphatic heterocycles. The Balaban J connectivity index is 1.76. The van der Waals surface area contributed by atoms with Gasteiger partial charge in [0.15, 0.2) is 0 Å². The Kier molecular flexibility index (Phi) is 4.96. The lowest BCUT2D eigenvalue weighted by Crippen LogP contribution is -2.08. The fourth-order valence-corrected chi connectivity index (χ4v) is 2.61. The topological polar surface area (TPSA) is 49.8 Å². The lowest BCUT2D eigenvalue weighted by atomic mass is 10.1. The van der Waals surface area contributed by atoms with Crippen LogP contribution in [0.25, 0.3) is 0 Å². The second-order valence-corrected chi connectivity index (χ2v) is 6.01. The van der Waals surface area contributed by atoms with Crippen LogP contribution in [0, 0.1) is 6.92 Å². The fourth-order valence-electron chi connectivity index (χ4n) is 2.43. The maximum absolute atomic E-state index is 6.16. The molecule has 122 valence electrons. The normalized spacial score (nSPS) is 11.8. The van der Waals surface area contributed by atoms with E-state index in [0.717, 1.165) is 27.9 Å². The first-order valence-corrected chi connectivity index (χ1v) is 8.17. The smallest absolute Gasteiger partial charge is 0.135 e. The number of nitrogens with zero attached hydrogens (tertiary/aromatic N) is 2. The van der Waals surface area contributed by atoms with Crippen molar-refractivity contribution in [1.29, 1.82) is 0 Å². The molecule has 0 fully saturated rings. The van der Waals surface area contributed by atoms with E-state index in [-0.39, 0.29) is 6.04 Å². The van der Waals surface area contributed by atoms with Gasteiger partial charge in [0.2, 0.25) is 0 Å². The van der Waals surface area contributed by atoms with Crippen LogP contribution in [0.4, 0.5) is 17.3 Å². The van der Waals surface area contributed by atoms with Crippen molar-refractivity contribution < 1.29 is 0 Å². The third kappa shape index (κ3) is 3.84. The number of anilines is 3. The standard InChI is InChI=1S/C19H19ClN4/c1-13-16(20)9-6-10-17(13)24-19-11-18(21-12-22-19)23-14(2)15-7-4-3-5-8-15/h3-12,14H,1-2H3,(H2,21,22,23,24). The second kappa shape index (κ2) is 7.32. The van der Waals surface area contributed by atoms with Crippen LogP contribution in [0.2, 0.25) is 5.02 Å². The van der Waals surface area contributed by atoms with E-state index >= 15 is 0 Å². The lowest BCUT2D eigenvalue weighted by molar-refractivity contribution is 0.872. The molecule has 4 nitrogen and oxygen atoms in total. The van der Waals surface area contributed by atoms with Gasteiger partial charge in [0.25, 0.3) is 0 Å². The SMILES string of the molecule is Cc1c(Cl)cccc1Nc1cc(NC(C)c2ccccc2)ncn1. The van der Waals surface area contributed by atoms with E-state index < -0.39 is 0 Å². The Labute approximate surface area is 146 Å². The Morgan fingerprint density at radius 3 is 2.50 bits per heavy atom. The summed E-state index contributed by atoms with van der Waals surface area (Å²) < 4.78 is 0. The summed E-state index contributed by atoms with van der Waals surface area (Å²) in [5, 5.41) is 7.41. The first-order chi connectivity index (χ1) is 11.6. The van der Waals surface area contributed by atoms with Gasteiger partial charge in [-0.25, -0.2) is 9.97 Å². The molecule has 3 rings (SSSR count). The highest BCUT2D eigenvalue weighted by Gasteiger charge is 2.08. The lowest BCUT2D eigenvalue weighted by Gasteiger charge is -2.16. The van der Waals surface area contributed by atoms with E-state index in [1.54, 1.807) is 6.33 Å². The van der Waals surface area contributed by atoms with Gasteiger partial charge in [-0.05, 0) is 37.1 Å². The summed E-state index contributed by atoms with van der Waals surface area (Å²) in [7, 11) is 0. The molecule has 2 aromatic carbocycles. The number of hydrogen-bond donors (Lipinski definition) is 2. The molecule has 0 spiro atoms. The average Bonchev–Trinajstić information content (AvgIpc) is 2.60. The molecule has 0 aliphatic rings. The summed E-state index contributed by atoms with van der Waals surface area (Å²) in [4.78, 5) is 8.58. The number of hydrogen-bond acceptors (Lipinski definition) is 4. The van der Waals surface area contributed by atoms with Crippen LogP contribution in [0.5, 0.6) is 0 Å². The summed E-state index contributed by atoms with van der Waals surface area (Å²) in [6.45, 7) is 4.08. The van der Waals surface area contributed by atoms with E-state index in [1.807, 2.05) is 49.4 Å². The van der Waals surface area contributed by atoms with Crippen molar-refractivity contribution in [3.8, 4) is 0 Å². The van der Waals surface area contributed by atoms with E-state index in [1.165, 1.54) is 5.56 Å². The van der Waals surface area contributed by atoms with Gasteiger partial charge in [-0.15, -0.1) is 0 Å². The van der Waals surface area contributed by atoms with Crippen molar-refractivity contribution in [1.82, 2.24) is 9.97 Å². The molecule has 3 aromatic rings. The average molecular weight is 339 g/mol. The molecule has 0 saturated heterocycles. The highest BCUT2D eigenvalue weighted by atomic mass is 35.5. The summed E-state index contributed by atoms with van der Waals surface area (Å²) in [6, 6.07) is 18.1. The number of benzene rings is 2.